The zero-order valence-corrected chi connectivity index (χ0v) is 20.3. The molecule has 0 spiro atoms. The van der Waals surface area contributed by atoms with E-state index in [4.69, 9.17) is 4.74 Å². The second-order valence-corrected chi connectivity index (χ2v) is 9.49. The Morgan fingerprint density at radius 2 is 1.72 bits per heavy atom. The lowest BCUT2D eigenvalue weighted by molar-refractivity contribution is 0.0696. The predicted octanol–water partition coefficient (Wildman–Crippen LogP) is 7.09. The average molecular weight is 484 g/mol. The van der Waals surface area contributed by atoms with Crippen molar-refractivity contribution in [2.75, 3.05) is 6.54 Å². The lowest BCUT2D eigenvalue weighted by Crippen LogP contribution is -2.28. The normalized spacial score (nSPS) is 17.8. The highest BCUT2D eigenvalue weighted by atomic mass is 19.1. The summed E-state index contributed by atoms with van der Waals surface area (Å²) in [6.45, 7) is 2.94. The van der Waals surface area contributed by atoms with Crippen LogP contribution >= 0.6 is 0 Å². The summed E-state index contributed by atoms with van der Waals surface area (Å²) >= 11 is 0. The molecule has 1 aliphatic heterocycles. The van der Waals surface area contributed by atoms with Crippen LogP contribution in [0.4, 0.5) is 4.39 Å². The van der Waals surface area contributed by atoms with Crippen molar-refractivity contribution in [1.29, 1.82) is 0 Å². The number of hydrogen-bond acceptors (Lipinski definition) is 3. The monoisotopic (exact) mass is 483 g/mol. The SMILES string of the molecule is C[C@@H](NCCCC1CC(c2ccc(C(=O)O)cc2)c2ccccc2O1)c1ccc(F)c2ccccc12. The average Bonchev–Trinajstić information content (AvgIpc) is 2.91. The molecule has 0 saturated heterocycles. The van der Waals surface area contributed by atoms with E-state index in [0.717, 1.165) is 53.6 Å². The highest BCUT2D eigenvalue weighted by molar-refractivity contribution is 5.87. The van der Waals surface area contributed by atoms with E-state index >= 15 is 0 Å². The van der Waals surface area contributed by atoms with E-state index in [0.29, 0.717) is 10.9 Å². The third-order valence-corrected chi connectivity index (χ3v) is 7.17. The van der Waals surface area contributed by atoms with Gasteiger partial charge in [-0.25, -0.2) is 9.18 Å². The van der Waals surface area contributed by atoms with Crippen molar-refractivity contribution in [3.63, 3.8) is 0 Å². The molecule has 0 bridgehead atoms. The second-order valence-electron chi connectivity index (χ2n) is 9.49. The first-order valence-corrected chi connectivity index (χ1v) is 12.5. The quantitative estimate of drug-likeness (QED) is 0.263. The number of halogens is 1. The van der Waals surface area contributed by atoms with Crippen molar-refractivity contribution < 1.29 is 19.0 Å². The molecule has 3 atom stereocenters. The van der Waals surface area contributed by atoms with Crippen molar-refractivity contribution in [2.45, 2.75) is 44.2 Å². The van der Waals surface area contributed by atoms with E-state index in [9.17, 15) is 14.3 Å². The Morgan fingerprint density at radius 3 is 2.50 bits per heavy atom. The lowest BCUT2D eigenvalue weighted by Gasteiger charge is -2.33. The third kappa shape index (κ3) is 4.98. The van der Waals surface area contributed by atoms with Crippen LogP contribution in [-0.2, 0) is 0 Å². The summed E-state index contributed by atoms with van der Waals surface area (Å²) in [4.78, 5) is 11.3. The van der Waals surface area contributed by atoms with E-state index in [1.807, 2.05) is 60.7 Å². The first-order chi connectivity index (χ1) is 17.5. The molecule has 4 nitrogen and oxygen atoms in total. The molecule has 4 aromatic carbocycles. The number of nitrogens with one attached hydrogen (secondary N) is 1. The van der Waals surface area contributed by atoms with Crippen LogP contribution < -0.4 is 10.1 Å². The van der Waals surface area contributed by atoms with E-state index < -0.39 is 5.97 Å². The summed E-state index contributed by atoms with van der Waals surface area (Å²) in [7, 11) is 0. The Balaban J connectivity index is 1.23. The molecule has 184 valence electrons. The minimum absolute atomic E-state index is 0.0767. The number of ether oxygens (including phenoxy) is 1. The summed E-state index contributed by atoms with van der Waals surface area (Å²) in [6.07, 6.45) is 2.78. The van der Waals surface area contributed by atoms with Crippen LogP contribution in [0.15, 0.2) is 84.9 Å². The fourth-order valence-corrected chi connectivity index (χ4v) is 5.27. The van der Waals surface area contributed by atoms with Gasteiger partial charge in [-0.2, -0.15) is 0 Å². The molecule has 0 aliphatic carbocycles. The Morgan fingerprint density at radius 1 is 1.00 bits per heavy atom. The van der Waals surface area contributed by atoms with Gasteiger partial charge in [-0.15, -0.1) is 0 Å². The number of carboxylic acid groups (broad SMARTS) is 1. The maximum atomic E-state index is 14.2. The summed E-state index contributed by atoms with van der Waals surface area (Å²) in [5.41, 5.74) is 3.65. The minimum atomic E-state index is -0.915. The first kappa shape index (κ1) is 24.0. The van der Waals surface area contributed by atoms with Crippen LogP contribution in [0.25, 0.3) is 10.8 Å². The topological polar surface area (TPSA) is 58.6 Å². The fourth-order valence-electron chi connectivity index (χ4n) is 5.27. The van der Waals surface area contributed by atoms with Crippen molar-refractivity contribution in [2.24, 2.45) is 0 Å². The van der Waals surface area contributed by atoms with Gasteiger partial charge in [0.1, 0.15) is 11.6 Å². The minimum Gasteiger partial charge on any atom is -0.490 e. The molecule has 0 amide bonds. The van der Waals surface area contributed by atoms with Gasteiger partial charge in [0.2, 0.25) is 0 Å². The van der Waals surface area contributed by atoms with Crippen LogP contribution in [0, 0.1) is 5.82 Å². The molecule has 1 heterocycles. The van der Waals surface area contributed by atoms with Gasteiger partial charge >= 0.3 is 5.97 Å². The number of carbonyl (C=O) groups is 1. The molecular formula is C31H30FNO3. The number of carboxylic acids is 1. The van der Waals surface area contributed by atoms with Gasteiger partial charge in [-0.3, -0.25) is 0 Å². The molecule has 5 heteroatoms. The molecule has 5 rings (SSSR count). The number of benzene rings is 4. The molecule has 36 heavy (non-hydrogen) atoms. The zero-order chi connectivity index (χ0) is 25.1. The third-order valence-electron chi connectivity index (χ3n) is 7.17. The van der Waals surface area contributed by atoms with Gasteiger partial charge in [0, 0.05) is 22.9 Å². The number of hydrogen-bond donors (Lipinski definition) is 2. The number of fused-ring (bicyclic) bond motifs is 2. The highest BCUT2D eigenvalue weighted by Crippen LogP contribution is 2.41. The van der Waals surface area contributed by atoms with E-state index in [2.05, 4.69) is 18.3 Å². The number of rotatable bonds is 8. The van der Waals surface area contributed by atoms with Gasteiger partial charge in [0.15, 0.2) is 0 Å². The first-order valence-electron chi connectivity index (χ1n) is 12.5. The lowest BCUT2D eigenvalue weighted by atomic mass is 9.83. The summed E-state index contributed by atoms with van der Waals surface area (Å²) in [5, 5.41) is 14.4. The van der Waals surface area contributed by atoms with E-state index in [1.165, 1.54) is 0 Å². The predicted molar refractivity (Wildman–Crippen MR) is 140 cm³/mol. The van der Waals surface area contributed by atoms with Crippen LogP contribution in [-0.4, -0.2) is 23.7 Å². The smallest absolute Gasteiger partial charge is 0.335 e. The van der Waals surface area contributed by atoms with Crippen LogP contribution in [0.1, 0.15) is 65.2 Å². The van der Waals surface area contributed by atoms with Gasteiger partial charge < -0.3 is 15.2 Å². The van der Waals surface area contributed by atoms with Crippen molar-refractivity contribution in [3.8, 4) is 5.75 Å². The second kappa shape index (κ2) is 10.5. The Kier molecular flexibility index (Phi) is 7.01. The van der Waals surface area contributed by atoms with Gasteiger partial charge in [0.25, 0.3) is 0 Å². The molecule has 1 aliphatic rings. The summed E-state index contributed by atoms with van der Waals surface area (Å²) < 4.78 is 20.5. The van der Waals surface area contributed by atoms with Gasteiger partial charge in [-0.1, -0.05) is 60.7 Å². The van der Waals surface area contributed by atoms with Crippen molar-refractivity contribution >= 4 is 16.7 Å². The van der Waals surface area contributed by atoms with E-state index in [-0.39, 0.29) is 23.9 Å². The zero-order valence-electron chi connectivity index (χ0n) is 20.3. The maximum Gasteiger partial charge on any atom is 0.335 e. The van der Waals surface area contributed by atoms with E-state index in [1.54, 1.807) is 18.2 Å². The Bertz CT molecular complexity index is 1370. The number of aromatic carboxylic acids is 1. The van der Waals surface area contributed by atoms with Gasteiger partial charge in [-0.05, 0) is 73.5 Å². The molecule has 0 fully saturated rings. The molecule has 4 aromatic rings. The van der Waals surface area contributed by atoms with Crippen molar-refractivity contribution in [1.82, 2.24) is 5.32 Å². The van der Waals surface area contributed by atoms with Crippen LogP contribution in [0.3, 0.4) is 0 Å². The molecule has 0 radical (unpaired) electrons. The standard InChI is InChI=1S/C31H30FNO3/c1-20(24-16-17-29(32)26-9-3-2-8-25(24)26)33-18-6-7-23-19-28(27-10-4-5-11-30(27)36-23)21-12-14-22(15-13-21)31(34)35/h2-5,8-17,20,23,28,33H,6-7,18-19H2,1H3,(H,34,35)/t20-,23?,28?/m1/s1. The number of para-hydroxylation sites is 1. The van der Waals surface area contributed by atoms with Crippen LogP contribution in [0.2, 0.25) is 0 Å². The molecule has 0 saturated carbocycles. The molecule has 0 aromatic heterocycles. The largest absolute Gasteiger partial charge is 0.490 e. The summed E-state index contributed by atoms with van der Waals surface area (Å²) in [6, 6.07) is 26.4. The summed E-state index contributed by atoms with van der Waals surface area (Å²) in [5.74, 6) is -0.0361. The molecule has 2 unspecified atom stereocenters. The van der Waals surface area contributed by atoms with Gasteiger partial charge in [0.05, 0.1) is 11.7 Å². The Labute approximate surface area is 210 Å². The maximum absolute atomic E-state index is 14.2. The molecular weight excluding hydrogens is 453 g/mol. The fraction of sp³-hybridized carbons (Fsp3) is 0.258. The Hall–Kier alpha value is -3.70. The van der Waals surface area contributed by atoms with Crippen molar-refractivity contribution in [3.05, 3.63) is 113 Å². The molecule has 2 N–H and O–H groups in total. The highest BCUT2D eigenvalue weighted by Gasteiger charge is 2.29. The van der Waals surface area contributed by atoms with Crippen LogP contribution in [0.5, 0.6) is 5.75 Å².